The molecule has 3 aromatic rings. The second-order valence-corrected chi connectivity index (χ2v) is 8.50. The molecule has 1 spiro atoms. The van der Waals surface area contributed by atoms with Gasteiger partial charge >= 0.3 is 0 Å². The van der Waals surface area contributed by atoms with Crippen LogP contribution < -0.4 is 5.32 Å². The minimum Gasteiger partial charge on any atom is -0.326 e. The van der Waals surface area contributed by atoms with Gasteiger partial charge in [0.25, 0.3) is 0 Å². The minimum atomic E-state index is 0.169. The van der Waals surface area contributed by atoms with Crippen molar-refractivity contribution in [3.05, 3.63) is 72.4 Å². The Bertz CT molecular complexity index is 984. The first-order chi connectivity index (χ1) is 13.8. The molecule has 0 radical (unpaired) electrons. The monoisotopic (exact) mass is 370 g/mol. The summed E-state index contributed by atoms with van der Waals surface area (Å²) in [7, 11) is 0. The number of aromatic nitrogens is 1. The largest absolute Gasteiger partial charge is 0.326 e. The van der Waals surface area contributed by atoms with E-state index < -0.39 is 0 Å². The third kappa shape index (κ3) is 2.99. The van der Waals surface area contributed by atoms with Crippen LogP contribution in [0.3, 0.4) is 0 Å². The van der Waals surface area contributed by atoms with Crippen LogP contribution in [0.4, 0.5) is 5.69 Å². The SMILES string of the molecule is O=C(Nc1ccccc1)[C@@H]1CC[C@]12CC[C@H](c1ccnc3ccccc31)CC2. The fraction of sp³-hybridized carbons (Fsp3) is 0.360. The van der Waals surface area contributed by atoms with E-state index in [9.17, 15) is 4.79 Å². The van der Waals surface area contributed by atoms with Crippen molar-refractivity contribution in [3.63, 3.8) is 0 Å². The van der Waals surface area contributed by atoms with E-state index in [0.717, 1.165) is 30.5 Å². The highest BCUT2D eigenvalue weighted by Gasteiger charge is 2.51. The summed E-state index contributed by atoms with van der Waals surface area (Å²) < 4.78 is 0. The normalized spacial score (nSPS) is 26.7. The molecule has 2 fully saturated rings. The Balaban J connectivity index is 1.29. The average Bonchev–Trinajstić information content (AvgIpc) is 2.73. The van der Waals surface area contributed by atoms with Gasteiger partial charge in [0.05, 0.1) is 5.52 Å². The summed E-state index contributed by atoms with van der Waals surface area (Å²) in [4.78, 5) is 17.4. The maximum Gasteiger partial charge on any atom is 0.228 e. The van der Waals surface area contributed by atoms with Crippen LogP contribution in [0.5, 0.6) is 0 Å². The van der Waals surface area contributed by atoms with Crippen molar-refractivity contribution < 1.29 is 4.79 Å². The Labute approximate surface area is 166 Å². The average molecular weight is 370 g/mol. The molecule has 1 aromatic heterocycles. The van der Waals surface area contributed by atoms with Crippen LogP contribution in [0.15, 0.2) is 66.9 Å². The third-order valence-electron chi connectivity index (χ3n) is 7.13. The minimum absolute atomic E-state index is 0.169. The predicted molar refractivity (Wildman–Crippen MR) is 113 cm³/mol. The van der Waals surface area contributed by atoms with Gasteiger partial charge in [-0.05, 0) is 79.7 Å². The quantitative estimate of drug-likeness (QED) is 0.621. The highest BCUT2D eigenvalue weighted by atomic mass is 16.2. The maximum absolute atomic E-state index is 12.9. The summed E-state index contributed by atoms with van der Waals surface area (Å²) in [6.07, 6.45) is 8.82. The van der Waals surface area contributed by atoms with E-state index in [1.807, 2.05) is 36.5 Å². The summed E-state index contributed by atoms with van der Waals surface area (Å²) >= 11 is 0. The number of hydrogen-bond donors (Lipinski definition) is 1. The highest BCUT2D eigenvalue weighted by molar-refractivity contribution is 5.93. The van der Waals surface area contributed by atoms with Gasteiger partial charge in [0.2, 0.25) is 5.91 Å². The number of nitrogens with zero attached hydrogens (tertiary/aromatic N) is 1. The number of carbonyl (C=O) groups excluding carboxylic acids is 1. The second kappa shape index (κ2) is 7.05. The molecule has 5 rings (SSSR count). The Kier molecular flexibility index (Phi) is 4.38. The van der Waals surface area contributed by atoms with E-state index in [0.29, 0.717) is 5.92 Å². The van der Waals surface area contributed by atoms with Gasteiger partial charge in [0.15, 0.2) is 0 Å². The first kappa shape index (κ1) is 17.4. The van der Waals surface area contributed by atoms with Crippen molar-refractivity contribution in [2.75, 3.05) is 5.32 Å². The zero-order chi connectivity index (χ0) is 19.0. The van der Waals surface area contributed by atoms with Gasteiger partial charge in [0.1, 0.15) is 0 Å². The smallest absolute Gasteiger partial charge is 0.228 e. The molecule has 1 atom stereocenters. The molecule has 28 heavy (non-hydrogen) atoms. The van der Waals surface area contributed by atoms with Gasteiger partial charge in [-0.2, -0.15) is 0 Å². The lowest BCUT2D eigenvalue weighted by molar-refractivity contribution is -0.133. The van der Waals surface area contributed by atoms with Crippen molar-refractivity contribution in [1.82, 2.24) is 4.98 Å². The summed E-state index contributed by atoms with van der Waals surface area (Å²) in [5.41, 5.74) is 3.65. The number of amides is 1. The van der Waals surface area contributed by atoms with E-state index in [-0.39, 0.29) is 17.2 Å². The molecule has 3 nitrogen and oxygen atoms in total. The number of anilines is 1. The molecule has 2 aromatic carbocycles. The van der Waals surface area contributed by atoms with Crippen molar-refractivity contribution in [2.24, 2.45) is 11.3 Å². The van der Waals surface area contributed by atoms with Crippen molar-refractivity contribution in [3.8, 4) is 0 Å². The number of fused-ring (bicyclic) bond motifs is 1. The van der Waals surface area contributed by atoms with Crippen LogP contribution in [-0.4, -0.2) is 10.9 Å². The molecule has 3 heteroatoms. The molecular weight excluding hydrogens is 344 g/mol. The predicted octanol–water partition coefficient (Wildman–Crippen LogP) is 5.93. The Hall–Kier alpha value is -2.68. The number of para-hydroxylation sites is 2. The standard InChI is InChI=1S/C25H26N2O/c28-24(27-19-6-2-1-3-7-19)22-12-16-25(22)14-10-18(11-15-25)20-13-17-26-23-9-5-4-8-21(20)23/h1-9,13,17-18,22H,10-12,14-16H2,(H,27,28)/t18-,22-,25+/m0/s1. The highest BCUT2D eigenvalue weighted by Crippen LogP contribution is 2.58. The van der Waals surface area contributed by atoms with Crippen LogP contribution in [0.25, 0.3) is 10.9 Å². The van der Waals surface area contributed by atoms with Crippen molar-refractivity contribution >= 4 is 22.5 Å². The molecular formula is C25H26N2O. The van der Waals surface area contributed by atoms with E-state index in [4.69, 9.17) is 0 Å². The lowest BCUT2D eigenvalue weighted by Gasteiger charge is -2.52. The summed E-state index contributed by atoms with van der Waals surface area (Å²) in [6.45, 7) is 0. The zero-order valence-corrected chi connectivity index (χ0v) is 16.1. The van der Waals surface area contributed by atoms with Crippen LogP contribution >= 0.6 is 0 Å². The van der Waals surface area contributed by atoms with Gasteiger partial charge in [-0.3, -0.25) is 9.78 Å². The fourth-order valence-electron chi connectivity index (χ4n) is 5.43. The van der Waals surface area contributed by atoms with Crippen molar-refractivity contribution in [1.29, 1.82) is 0 Å². The number of nitrogens with one attached hydrogen (secondary N) is 1. The molecule has 2 aliphatic rings. The number of benzene rings is 2. The molecule has 0 saturated heterocycles. The Morgan fingerprint density at radius 1 is 0.893 bits per heavy atom. The molecule has 1 heterocycles. The number of carbonyl (C=O) groups is 1. The number of hydrogen-bond acceptors (Lipinski definition) is 2. The first-order valence-corrected chi connectivity index (χ1v) is 10.4. The fourth-order valence-corrected chi connectivity index (χ4v) is 5.43. The molecule has 0 aliphatic heterocycles. The first-order valence-electron chi connectivity index (χ1n) is 10.4. The topological polar surface area (TPSA) is 42.0 Å². The van der Waals surface area contributed by atoms with Gasteiger partial charge in [0, 0.05) is 23.2 Å². The maximum atomic E-state index is 12.9. The van der Waals surface area contributed by atoms with Crippen molar-refractivity contribution in [2.45, 2.75) is 44.4 Å². The molecule has 2 saturated carbocycles. The van der Waals surface area contributed by atoms with Crippen LogP contribution in [0.1, 0.15) is 50.0 Å². The van der Waals surface area contributed by atoms with Gasteiger partial charge in [-0.15, -0.1) is 0 Å². The molecule has 1 amide bonds. The van der Waals surface area contributed by atoms with Crippen LogP contribution in [0.2, 0.25) is 0 Å². The lowest BCUT2D eigenvalue weighted by atomic mass is 9.52. The van der Waals surface area contributed by atoms with Gasteiger partial charge < -0.3 is 5.32 Å². The molecule has 142 valence electrons. The van der Waals surface area contributed by atoms with E-state index in [1.165, 1.54) is 30.2 Å². The molecule has 1 N–H and O–H groups in total. The number of rotatable bonds is 3. The van der Waals surface area contributed by atoms with E-state index in [1.54, 1.807) is 0 Å². The second-order valence-electron chi connectivity index (χ2n) is 8.50. The Morgan fingerprint density at radius 3 is 2.36 bits per heavy atom. The Morgan fingerprint density at radius 2 is 1.61 bits per heavy atom. The van der Waals surface area contributed by atoms with E-state index in [2.05, 4.69) is 40.6 Å². The van der Waals surface area contributed by atoms with Gasteiger partial charge in [-0.1, -0.05) is 36.4 Å². The molecule has 2 aliphatic carbocycles. The van der Waals surface area contributed by atoms with Crippen LogP contribution in [-0.2, 0) is 4.79 Å². The summed E-state index contributed by atoms with van der Waals surface area (Å²) in [6, 6.07) is 20.5. The molecule has 0 unspecified atom stereocenters. The van der Waals surface area contributed by atoms with Gasteiger partial charge in [-0.25, -0.2) is 0 Å². The summed E-state index contributed by atoms with van der Waals surface area (Å²) in [5.74, 6) is 0.963. The third-order valence-corrected chi connectivity index (χ3v) is 7.13. The van der Waals surface area contributed by atoms with Crippen LogP contribution in [0, 0.1) is 11.3 Å². The summed E-state index contributed by atoms with van der Waals surface area (Å²) in [5, 5.41) is 4.43. The molecule has 0 bridgehead atoms. The lowest BCUT2D eigenvalue weighted by Crippen LogP contribution is -2.48. The zero-order valence-electron chi connectivity index (χ0n) is 16.1. The van der Waals surface area contributed by atoms with E-state index >= 15 is 0 Å². The number of pyridine rings is 1.